The first-order chi connectivity index (χ1) is 24.4. The SMILES string of the molecule is CCOC(=O)[C@H](Cc1ccc(OC(=O)C(F)(F)F)cc1)N(Cc1cccc(-c2ccccc2C(=O)NCCN)c1)C(=O)Cc1ccc(OC)cc1. The van der Waals surface area contributed by atoms with E-state index < -0.39 is 30.1 Å². The van der Waals surface area contributed by atoms with E-state index in [1.165, 1.54) is 36.3 Å². The van der Waals surface area contributed by atoms with Gasteiger partial charge in [-0.1, -0.05) is 60.7 Å². The maximum absolute atomic E-state index is 14.1. The summed E-state index contributed by atoms with van der Waals surface area (Å²) in [6.45, 7) is 2.21. The lowest BCUT2D eigenvalue weighted by atomic mass is 9.97. The smallest absolute Gasteiger partial charge is 0.491 e. The van der Waals surface area contributed by atoms with Gasteiger partial charge in [-0.2, -0.15) is 13.2 Å². The van der Waals surface area contributed by atoms with Crippen molar-refractivity contribution in [1.82, 2.24) is 10.2 Å². The third kappa shape index (κ3) is 10.6. The number of esters is 2. The lowest BCUT2D eigenvalue weighted by molar-refractivity contribution is -0.189. The van der Waals surface area contributed by atoms with Crippen LogP contribution in [0.25, 0.3) is 11.1 Å². The van der Waals surface area contributed by atoms with Crippen LogP contribution >= 0.6 is 0 Å². The van der Waals surface area contributed by atoms with E-state index in [4.69, 9.17) is 15.2 Å². The van der Waals surface area contributed by atoms with E-state index in [9.17, 15) is 32.3 Å². The average molecular weight is 706 g/mol. The molecule has 0 saturated heterocycles. The lowest BCUT2D eigenvalue weighted by Gasteiger charge is -2.31. The van der Waals surface area contributed by atoms with Gasteiger partial charge in [-0.3, -0.25) is 9.59 Å². The molecule has 51 heavy (non-hydrogen) atoms. The summed E-state index contributed by atoms with van der Waals surface area (Å²) < 4.78 is 53.2. The van der Waals surface area contributed by atoms with Crippen LogP contribution in [0.15, 0.2) is 97.1 Å². The Hall–Kier alpha value is -5.69. The first-order valence-electron chi connectivity index (χ1n) is 16.1. The fraction of sp³-hybridized carbons (Fsp3) is 0.263. The molecule has 4 aromatic rings. The molecule has 0 saturated carbocycles. The van der Waals surface area contributed by atoms with Crippen LogP contribution in [0.4, 0.5) is 13.2 Å². The number of carbonyl (C=O) groups excluding carboxylic acids is 4. The fourth-order valence-corrected chi connectivity index (χ4v) is 5.28. The van der Waals surface area contributed by atoms with Crippen molar-refractivity contribution in [3.05, 3.63) is 119 Å². The van der Waals surface area contributed by atoms with Gasteiger partial charge in [-0.25, -0.2) is 9.59 Å². The molecule has 3 N–H and O–H groups in total. The molecule has 0 aliphatic rings. The van der Waals surface area contributed by atoms with Crippen molar-refractivity contribution in [2.75, 3.05) is 26.8 Å². The first kappa shape index (κ1) is 38.1. The minimum absolute atomic E-state index is 0.0284. The van der Waals surface area contributed by atoms with Crippen LogP contribution in [0.5, 0.6) is 11.5 Å². The van der Waals surface area contributed by atoms with Gasteiger partial charge in [0.2, 0.25) is 5.91 Å². The van der Waals surface area contributed by atoms with Gasteiger partial charge in [0.1, 0.15) is 17.5 Å². The third-order valence-corrected chi connectivity index (χ3v) is 7.76. The molecule has 10 nitrogen and oxygen atoms in total. The number of hydrogen-bond acceptors (Lipinski definition) is 8. The Kier molecular flexibility index (Phi) is 13.3. The molecule has 4 rings (SSSR count). The highest BCUT2D eigenvalue weighted by Gasteiger charge is 2.41. The van der Waals surface area contributed by atoms with Gasteiger partial charge in [-0.15, -0.1) is 0 Å². The molecule has 0 radical (unpaired) electrons. The molecule has 1 atom stereocenters. The molecular weight excluding hydrogens is 667 g/mol. The number of nitrogens with one attached hydrogen (secondary N) is 1. The van der Waals surface area contributed by atoms with Crippen LogP contribution in [0, 0.1) is 0 Å². The Morgan fingerprint density at radius 1 is 0.843 bits per heavy atom. The van der Waals surface area contributed by atoms with Crippen LogP contribution in [0.3, 0.4) is 0 Å². The predicted molar refractivity (Wildman–Crippen MR) is 183 cm³/mol. The predicted octanol–water partition coefficient (Wildman–Crippen LogP) is 5.26. The number of alkyl halides is 3. The molecular formula is C38H38F3N3O7. The molecule has 0 fully saturated rings. The number of carbonyl (C=O) groups is 4. The summed E-state index contributed by atoms with van der Waals surface area (Å²) >= 11 is 0. The Balaban J connectivity index is 1.70. The van der Waals surface area contributed by atoms with E-state index in [1.807, 2.05) is 12.1 Å². The molecule has 0 unspecified atom stereocenters. The molecule has 0 aliphatic carbocycles. The maximum Gasteiger partial charge on any atom is 0.491 e. The topological polar surface area (TPSA) is 137 Å². The molecule has 4 aromatic carbocycles. The van der Waals surface area contributed by atoms with Crippen LogP contribution in [0.2, 0.25) is 0 Å². The van der Waals surface area contributed by atoms with Gasteiger partial charge in [0.25, 0.3) is 5.91 Å². The lowest BCUT2D eigenvalue weighted by Crippen LogP contribution is -2.47. The van der Waals surface area contributed by atoms with Crippen LogP contribution in [-0.4, -0.2) is 67.7 Å². The van der Waals surface area contributed by atoms with E-state index in [0.29, 0.717) is 45.7 Å². The quantitative estimate of drug-likeness (QED) is 0.126. The number of hydrogen-bond donors (Lipinski definition) is 2. The number of rotatable bonds is 15. The highest BCUT2D eigenvalue weighted by atomic mass is 19.4. The summed E-state index contributed by atoms with van der Waals surface area (Å²) in [5.74, 6) is -3.48. The summed E-state index contributed by atoms with van der Waals surface area (Å²) in [5.41, 5.74) is 9.13. The van der Waals surface area contributed by atoms with Crippen molar-refractivity contribution in [3.8, 4) is 22.6 Å². The van der Waals surface area contributed by atoms with Gasteiger partial charge >= 0.3 is 18.1 Å². The van der Waals surface area contributed by atoms with Crippen LogP contribution in [-0.2, 0) is 38.5 Å². The second-order valence-corrected chi connectivity index (χ2v) is 11.3. The van der Waals surface area contributed by atoms with Crippen molar-refractivity contribution in [1.29, 1.82) is 0 Å². The fourth-order valence-electron chi connectivity index (χ4n) is 5.28. The van der Waals surface area contributed by atoms with Crippen molar-refractivity contribution in [2.45, 2.75) is 38.5 Å². The zero-order valence-electron chi connectivity index (χ0n) is 28.1. The van der Waals surface area contributed by atoms with E-state index in [2.05, 4.69) is 10.1 Å². The summed E-state index contributed by atoms with van der Waals surface area (Å²) in [6, 6.07) is 25.2. The number of nitrogens with two attached hydrogens (primary N) is 1. The number of methoxy groups -OCH3 is 1. The second kappa shape index (κ2) is 17.8. The Bertz CT molecular complexity index is 1810. The van der Waals surface area contributed by atoms with E-state index in [-0.39, 0.29) is 44.2 Å². The summed E-state index contributed by atoms with van der Waals surface area (Å²) in [7, 11) is 1.53. The second-order valence-electron chi connectivity index (χ2n) is 11.3. The Morgan fingerprint density at radius 2 is 1.51 bits per heavy atom. The molecule has 268 valence electrons. The Morgan fingerprint density at radius 3 is 2.16 bits per heavy atom. The molecule has 0 heterocycles. The van der Waals surface area contributed by atoms with Crippen molar-refractivity contribution < 1.29 is 46.6 Å². The van der Waals surface area contributed by atoms with Crippen LogP contribution < -0.4 is 20.5 Å². The molecule has 0 spiro atoms. The number of ether oxygens (including phenoxy) is 3. The average Bonchev–Trinajstić information content (AvgIpc) is 3.12. The highest BCUT2D eigenvalue weighted by molar-refractivity contribution is 6.01. The van der Waals surface area contributed by atoms with Gasteiger partial charge in [0, 0.05) is 31.6 Å². The number of amides is 2. The first-order valence-corrected chi connectivity index (χ1v) is 16.1. The van der Waals surface area contributed by atoms with E-state index in [0.717, 1.165) is 0 Å². The number of benzene rings is 4. The van der Waals surface area contributed by atoms with Crippen molar-refractivity contribution in [3.63, 3.8) is 0 Å². The Labute approximate surface area is 293 Å². The van der Waals surface area contributed by atoms with E-state index >= 15 is 0 Å². The number of halogens is 3. The standard InChI is InChI=1S/C38H38F3N3O7/c1-3-50-36(47)33(22-25-13-17-30(18-14-25)51-37(48)38(39,40)41)44(34(45)23-26-11-15-29(49-2)16-12-26)24-27-7-6-8-28(21-27)31-9-4-5-10-32(31)35(46)43-20-19-42/h4-18,21,33H,3,19-20,22-24,42H2,1-2H3,(H,43,46)/t33-/m0/s1. The van der Waals surface area contributed by atoms with Crippen molar-refractivity contribution in [2.24, 2.45) is 5.73 Å². The van der Waals surface area contributed by atoms with Gasteiger partial charge < -0.3 is 30.2 Å². The molecule has 0 bridgehead atoms. The summed E-state index contributed by atoms with van der Waals surface area (Å²) in [6.07, 6.45) is -5.31. The van der Waals surface area contributed by atoms with Gasteiger partial charge in [-0.05, 0) is 71.1 Å². The minimum Gasteiger partial charge on any atom is -0.497 e. The van der Waals surface area contributed by atoms with Crippen LogP contribution in [0.1, 0.15) is 34.0 Å². The van der Waals surface area contributed by atoms with Crippen molar-refractivity contribution >= 4 is 23.8 Å². The molecule has 0 aromatic heterocycles. The zero-order valence-corrected chi connectivity index (χ0v) is 28.1. The molecule has 2 amide bonds. The molecule has 13 heteroatoms. The van der Waals surface area contributed by atoms with E-state index in [1.54, 1.807) is 67.6 Å². The maximum atomic E-state index is 14.1. The van der Waals surface area contributed by atoms with Gasteiger partial charge in [0.15, 0.2) is 0 Å². The zero-order chi connectivity index (χ0) is 37.0. The minimum atomic E-state index is -5.17. The number of nitrogens with zero attached hydrogens (tertiary/aromatic N) is 1. The third-order valence-electron chi connectivity index (χ3n) is 7.76. The molecule has 0 aliphatic heterocycles. The monoisotopic (exact) mass is 705 g/mol. The van der Waals surface area contributed by atoms with Gasteiger partial charge in [0.05, 0.1) is 20.1 Å². The highest BCUT2D eigenvalue weighted by Crippen LogP contribution is 2.27. The largest absolute Gasteiger partial charge is 0.497 e. The summed E-state index contributed by atoms with van der Waals surface area (Å²) in [5, 5.41) is 2.78. The summed E-state index contributed by atoms with van der Waals surface area (Å²) in [4.78, 5) is 53.3. The normalized spacial score (nSPS) is 11.6.